The van der Waals surface area contributed by atoms with Crippen LogP contribution in [-0.2, 0) is 13.6 Å². The van der Waals surface area contributed by atoms with Crippen molar-refractivity contribution in [3.63, 3.8) is 0 Å². The molecule has 0 atom stereocenters. The number of aliphatic imine (C=N–C) groups is 1. The third-order valence-corrected chi connectivity index (χ3v) is 3.13. The summed E-state index contributed by atoms with van der Waals surface area (Å²) in [6, 6.07) is 3.73. The molecule has 0 amide bonds. The molecule has 0 radical (unpaired) electrons. The predicted molar refractivity (Wildman–Crippen MR) is 74.7 cm³/mol. The molecule has 1 heterocycles. The number of hydrogen-bond donors (Lipinski definition) is 1. The molecule has 0 fully saturated rings. The first-order chi connectivity index (χ1) is 8.51. The minimum atomic E-state index is -0.00824. The molecule has 5 heteroatoms. The highest BCUT2D eigenvalue weighted by Gasteiger charge is 2.05. The van der Waals surface area contributed by atoms with Gasteiger partial charge in [0.2, 0.25) is 0 Å². The number of nitrogens with zero attached hydrogens (tertiary/aromatic N) is 3. The van der Waals surface area contributed by atoms with Crippen LogP contribution in [0.4, 0.5) is 0 Å². The lowest BCUT2D eigenvalue weighted by Crippen LogP contribution is -2.37. The van der Waals surface area contributed by atoms with Crippen molar-refractivity contribution in [3.8, 4) is 0 Å². The quantitative estimate of drug-likeness (QED) is 0.636. The van der Waals surface area contributed by atoms with Crippen molar-refractivity contribution < 1.29 is 0 Å². The average molecular weight is 250 g/mol. The lowest BCUT2D eigenvalue weighted by molar-refractivity contribution is 0.458. The number of nitrogens with two attached hydrogens (primary N) is 1. The molecular formula is C13H22N4O. The lowest BCUT2D eigenvalue weighted by Gasteiger charge is -2.19. The number of guanidine groups is 1. The molecule has 0 bridgehead atoms. The smallest absolute Gasteiger partial charge is 0.255 e. The van der Waals surface area contributed by atoms with Crippen LogP contribution >= 0.6 is 0 Å². The number of hydrogen-bond acceptors (Lipinski definition) is 2. The van der Waals surface area contributed by atoms with E-state index in [4.69, 9.17) is 5.73 Å². The first-order valence-corrected chi connectivity index (χ1v) is 6.21. The van der Waals surface area contributed by atoms with Crippen LogP contribution in [0, 0.1) is 6.92 Å². The SMILES string of the molecule is CCN(CC)C(N)=NCc1ccc(C)n(C)c1=O. The van der Waals surface area contributed by atoms with Crippen molar-refractivity contribution in [1.82, 2.24) is 9.47 Å². The molecule has 1 rings (SSSR count). The molecule has 0 aromatic carbocycles. The molecule has 0 saturated carbocycles. The standard InChI is InChI=1S/C13H22N4O/c1-5-17(6-2)13(14)15-9-11-8-7-10(3)16(4)12(11)18/h7-8H,5-6,9H2,1-4H3,(H2,14,15). The Morgan fingerprint density at radius 1 is 1.39 bits per heavy atom. The van der Waals surface area contributed by atoms with Gasteiger partial charge in [-0.1, -0.05) is 0 Å². The number of aromatic nitrogens is 1. The van der Waals surface area contributed by atoms with Crippen LogP contribution in [0.5, 0.6) is 0 Å². The topological polar surface area (TPSA) is 63.6 Å². The second-order valence-electron chi connectivity index (χ2n) is 4.21. The van der Waals surface area contributed by atoms with Gasteiger partial charge in [-0.3, -0.25) is 4.79 Å². The maximum absolute atomic E-state index is 12.0. The zero-order valence-electron chi connectivity index (χ0n) is 11.6. The molecule has 0 aliphatic heterocycles. The van der Waals surface area contributed by atoms with Gasteiger partial charge >= 0.3 is 0 Å². The summed E-state index contributed by atoms with van der Waals surface area (Å²) in [5, 5.41) is 0. The van der Waals surface area contributed by atoms with Crippen molar-refractivity contribution >= 4 is 5.96 Å². The third kappa shape index (κ3) is 3.12. The van der Waals surface area contributed by atoms with Crippen molar-refractivity contribution in [2.24, 2.45) is 17.8 Å². The molecule has 0 unspecified atom stereocenters. The maximum atomic E-state index is 12.0. The van der Waals surface area contributed by atoms with Gasteiger partial charge in [0.1, 0.15) is 0 Å². The largest absolute Gasteiger partial charge is 0.370 e. The Morgan fingerprint density at radius 2 is 2.00 bits per heavy atom. The van der Waals surface area contributed by atoms with Crippen molar-refractivity contribution in [1.29, 1.82) is 0 Å². The molecule has 100 valence electrons. The summed E-state index contributed by atoms with van der Waals surface area (Å²) in [5.74, 6) is 0.489. The first kappa shape index (κ1) is 14.3. The predicted octanol–water partition coefficient (Wildman–Crippen LogP) is 0.850. The molecule has 18 heavy (non-hydrogen) atoms. The Morgan fingerprint density at radius 3 is 2.56 bits per heavy atom. The minimum Gasteiger partial charge on any atom is -0.370 e. The Labute approximate surface area is 108 Å². The molecule has 0 aliphatic rings. The molecule has 0 aliphatic carbocycles. The zero-order valence-corrected chi connectivity index (χ0v) is 11.6. The van der Waals surface area contributed by atoms with Crippen LogP contribution in [0.1, 0.15) is 25.1 Å². The van der Waals surface area contributed by atoms with E-state index in [9.17, 15) is 4.79 Å². The first-order valence-electron chi connectivity index (χ1n) is 6.21. The molecule has 5 nitrogen and oxygen atoms in total. The average Bonchev–Trinajstić information content (AvgIpc) is 2.36. The van der Waals surface area contributed by atoms with E-state index in [0.717, 1.165) is 18.8 Å². The van der Waals surface area contributed by atoms with Gasteiger partial charge in [-0.15, -0.1) is 0 Å². The summed E-state index contributed by atoms with van der Waals surface area (Å²) < 4.78 is 1.62. The van der Waals surface area contributed by atoms with Gasteiger partial charge in [0.15, 0.2) is 5.96 Å². The third-order valence-electron chi connectivity index (χ3n) is 3.13. The minimum absolute atomic E-state index is 0.00824. The fourth-order valence-corrected chi connectivity index (χ4v) is 1.71. The van der Waals surface area contributed by atoms with E-state index in [1.54, 1.807) is 11.6 Å². The summed E-state index contributed by atoms with van der Waals surface area (Å²) >= 11 is 0. The van der Waals surface area contributed by atoms with Gasteiger partial charge in [0.25, 0.3) is 5.56 Å². The van der Waals surface area contributed by atoms with Gasteiger partial charge in [0.05, 0.1) is 6.54 Å². The number of rotatable bonds is 4. The van der Waals surface area contributed by atoms with E-state index >= 15 is 0 Å². The maximum Gasteiger partial charge on any atom is 0.255 e. The lowest BCUT2D eigenvalue weighted by atomic mass is 10.2. The molecule has 1 aromatic heterocycles. The van der Waals surface area contributed by atoms with Crippen molar-refractivity contribution in [2.75, 3.05) is 13.1 Å². The summed E-state index contributed by atoms with van der Waals surface area (Å²) in [4.78, 5) is 18.2. The molecular weight excluding hydrogens is 228 g/mol. The van der Waals surface area contributed by atoms with E-state index in [0.29, 0.717) is 18.1 Å². The fourth-order valence-electron chi connectivity index (χ4n) is 1.71. The Hall–Kier alpha value is -1.78. The second-order valence-corrected chi connectivity index (χ2v) is 4.21. The highest BCUT2D eigenvalue weighted by atomic mass is 16.1. The van der Waals surface area contributed by atoms with Gasteiger partial charge in [-0.05, 0) is 32.9 Å². The van der Waals surface area contributed by atoms with Gasteiger partial charge in [-0.25, -0.2) is 4.99 Å². The van der Waals surface area contributed by atoms with Crippen LogP contribution in [0.25, 0.3) is 0 Å². The van der Waals surface area contributed by atoms with Crippen molar-refractivity contribution in [3.05, 3.63) is 33.7 Å². The summed E-state index contributed by atoms with van der Waals surface area (Å²) in [6.45, 7) is 7.91. The van der Waals surface area contributed by atoms with Crippen LogP contribution in [0.3, 0.4) is 0 Å². The van der Waals surface area contributed by atoms with E-state index < -0.39 is 0 Å². The van der Waals surface area contributed by atoms with E-state index in [1.165, 1.54) is 0 Å². The Bertz CT molecular complexity index is 486. The normalized spacial score (nSPS) is 11.7. The van der Waals surface area contributed by atoms with E-state index in [1.807, 2.05) is 37.8 Å². The highest BCUT2D eigenvalue weighted by Crippen LogP contribution is 1.99. The monoisotopic (exact) mass is 250 g/mol. The van der Waals surface area contributed by atoms with E-state index in [2.05, 4.69) is 4.99 Å². The van der Waals surface area contributed by atoms with Crippen molar-refractivity contribution in [2.45, 2.75) is 27.3 Å². The summed E-state index contributed by atoms with van der Waals surface area (Å²) in [6.07, 6.45) is 0. The Kier molecular flexibility index (Phi) is 4.95. The van der Waals surface area contributed by atoms with Crippen LogP contribution in [-0.4, -0.2) is 28.5 Å². The highest BCUT2D eigenvalue weighted by molar-refractivity contribution is 5.77. The number of aryl methyl sites for hydroxylation is 1. The van der Waals surface area contributed by atoms with Crippen LogP contribution in [0.2, 0.25) is 0 Å². The number of pyridine rings is 1. The van der Waals surface area contributed by atoms with Crippen LogP contribution in [0.15, 0.2) is 21.9 Å². The fraction of sp³-hybridized carbons (Fsp3) is 0.538. The van der Waals surface area contributed by atoms with Gasteiger partial charge in [-0.2, -0.15) is 0 Å². The molecule has 1 aromatic rings. The zero-order chi connectivity index (χ0) is 13.7. The Balaban J connectivity index is 2.90. The van der Waals surface area contributed by atoms with Gasteiger partial charge < -0.3 is 15.2 Å². The molecule has 0 spiro atoms. The van der Waals surface area contributed by atoms with Crippen LogP contribution < -0.4 is 11.3 Å². The molecule has 0 saturated heterocycles. The molecule has 2 N–H and O–H groups in total. The summed E-state index contributed by atoms with van der Waals surface area (Å²) in [7, 11) is 1.76. The van der Waals surface area contributed by atoms with Gasteiger partial charge in [0, 0.05) is 31.4 Å². The van der Waals surface area contributed by atoms with E-state index in [-0.39, 0.29) is 5.56 Å². The second kappa shape index (κ2) is 6.23. The summed E-state index contributed by atoms with van der Waals surface area (Å²) in [5.41, 5.74) is 7.46.